The monoisotopic (exact) mass is 415 g/mol. The molecule has 26 heavy (non-hydrogen) atoms. The van der Waals surface area contributed by atoms with Gasteiger partial charge in [-0.2, -0.15) is 0 Å². The minimum absolute atomic E-state index is 0.0347. The van der Waals surface area contributed by atoms with Crippen LogP contribution in [0.25, 0.3) is 0 Å². The molecule has 1 N–H and O–H groups in total. The topological polar surface area (TPSA) is 73.9 Å². The van der Waals surface area contributed by atoms with Gasteiger partial charge in [0.15, 0.2) is 17.6 Å². The second-order valence-corrected chi connectivity index (χ2v) is 6.52. The van der Waals surface area contributed by atoms with Crippen LogP contribution in [-0.4, -0.2) is 24.8 Å². The molecule has 0 aliphatic carbocycles. The van der Waals surface area contributed by atoms with Crippen LogP contribution < -0.4 is 14.8 Å². The van der Waals surface area contributed by atoms with Crippen molar-refractivity contribution in [1.82, 2.24) is 0 Å². The lowest BCUT2D eigenvalue weighted by Crippen LogP contribution is -2.30. The summed E-state index contributed by atoms with van der Waals surface area (Å²) in [4.78, 5) is 24.6. The Morgan fingerprint density at radius 3 is 2.54 bits per heavy atom. The predicted octanol–water partition coefficient (Wildman–Crippen LogP) is 4.56. The summed E-state index contributed by atoms with van der Waals surface area (Å²) in [6.45, 7) is 1.55. The fraction of sp³-hybridized carbons (Fsp3) is 0.176. The molecule has 2 aromatic carbocycles. The van der Waals surface area contributed by atoms with E-state index in [9.17, 15) is 9.59 Å². The number of carbonyl (C=O) groups excluding carboxylic acids is 2. The highest BCUT2D eigenvalue weighted by molar-refractivity contribution is 6.46. The number of amides is 1. The second kappa shape index (κ2) is 7.61. The zero-order valence-electron chi connectivity index (χ0n) is 13.3. The van der Waals surface area contributed by atoms with Crippen molar-refractivity contribution in [3.63, 3.8) is 0 Å². The van der Waals surface area contributed by atoms with Gasteiger partial charge in [-0.25, -0.2) is 4.79 Å². The van der Waals surface area contributed by atoms with Crippen LogP contribution in [0.2, 0.25) is 15.1 Å². The molecule has 9 heteroatoms. The molecule has 1 heterocycles. The Balaban J connectivity index is 1.68. The first kappa shape index (κ1) is 18.6. The fourth-order valence-electron chi connectivity index (χ4n) is 2.21. The van der Waals surface area contributed by atoms with Gasteiger partial charge in [0.25, 0.3) is 5.91 Å². The van der Waals surface area contributed by atoms with Crippen LogP contribution in [-0.2, 0) is 9.53 Å². The van der Waals surface area contributed by atoms with Gasteiger partial charge in [0.1, 0.15) is 0 Å². The first-order valence-corrected chi connectivity index (χ1v) is 8.55. The molecule has 0 saturated carbocycles. The Bertz CT molecular complexity index is 887. The van der Waals surface area contributed by atoms with Crippen LogP contribution >= 0.6 is 34.8 Å². The summed E-state index contributed by atoms with van der Waals surface area (Å²) < 4.78 is 15.6. The Morgan fingerprint density at radius 1 is 1.08 bits per heavy atom. The van der Waals surface area contributed by atoms with Crippen LogP contribution in [0.1, 0.15) is 17.3 Å². The molecule has 1 atom stereocenters. The summed E-state index contributed by atoms with van der Waals surface area (Å²) in [5, 5.41) is 2.82. The average molecular weight is 417 g/mol. The lowest BCUT2D eigenvalue weighted by Gasteiger charge is -2.15. The van der Waals surface area contributed by atoms with Gasteiger partial charge in [0.05, 0.1) is 20.6 Å². The molecule has 0 bridgehead atoms. The summed E-state index contributed by atoms with van der Waals surface area (Å²) in [5.74, 6) is -0.278. The third kappa shape index (κ3) is 3.82. The van der Waals surface area contributed by atoms with Crippen molar-refractivity contribution in [1.29, 1.82) is 0 Å². The molecule has 0 spiro atoms. The predicted molar refractivity (Wildman–Crippen MR) is 97.5 cm³/mol. The summed E-state index contributed by atoms with van der Waals surface area (Å²) in [6, 6.07) is 7.80. The highest BCUT2D eigenvalue weighted by Gasteiger charge is 2.24. The zero-order chi connectivity index (χ0) is 18.8. The standard InChI is InChI=1S/C17H12Cl3NO5/c1-8(26-17(23)14-10(18)3-4-11(19)15(14)20)16(22)21-9-2-5-12-13(6-9)25-7-24-12/h2-6,8H,7H2,1H3,(H,21,22)/t8-/m1/s1. The van der Waals surface area contributed by atoms with Gasteiger partial charge in [0, 0.05) is 11.8 Å². The highest BCUT2D eigenvalue weighted by Crippen LogP contribution is 2.34. The number of esters is 1. The number of halogens is 3. The van der Waals surface area contributed by atoms with E-state index in [1.807, 2.05) is 0 Å². The average Bonchev–Trinajstić information content (AvgIpc) is 3.06. The van der Waals surface area contributed by atoms with E-state index in [0.717, 1.165) is 0 Å². The van der Waals surface area contributed by atoms with Crippen molar-refractivity contribution in [2.75, 3.05) is 12.1 Å². The van der Waals surface area contributed by atoms with Crippen molar-refractivity contribution in [2.24, 2.45) is 0 Å². The molecule has 0 fully saturated rings. The highest BCUT2D eigenvalue weighted by atomic mass is 35.5. The Labute approximate surface area is 163 Å². The maximum absolute atomic E-state index is 12.3. The van der Waals surface area contributed by atoms with Crippen LogP contribution in [0.4, 0.5) is 5.69 Å². The number of carbonyl (C=O) groups is 2. The molecule has 0 unspecified atom stereocenters. The molecule has 2 aromatic rings. The van der Waals surface area contributed by atoms with Crippen molar-refractivity contribution in [3.05, 3.63) is 51.0 Å². The number of anilines is 1. The number of nitrogens with one attached hydrogen (secondary N) is 1. The number of fused-ring (bicyclic) bond motifs is 1. The smallest absolute Gasteiger partial charge is 0.342 e. The number of rotatable bonds is 4. The van der Waals surface area contributed by atoms with Gasteiger partial charge in [-0.15, -0.1) is 0 Å². The van der Waals surface area contributed by atoms with Crippen molar-refractivity contribution >= 4 is 52.4 Å². The van der Waals surface area contributed by atoms with Gasteiger partial charge >= 0.3 is 5.97 Å². The van der Waals surface area contributed by atoms with Crippen LogP contribution in [0.3, 0.4) is 0 Å². The largest absolute Gasteiger partial charge is 0.454 e. The Kier molecular flexibility index (Phi) is 5.46. The first-order valence-electron chi connectivity index (χ1n) is 7.42. The Hall–Kier alpha value is -2.15. The molecule has 0 radical (unpaired) electrons. The molecule has 0 saturated heterocycles. The van der Waals surface area contributed by atoms with Crippen LogP contribution in [0, 0.1) is 0 Å². The van der Waals surface area contributed by atoms with Gasteiger partial charge in [0.2, 0.25) is 6.79 Å². The van der Waals surface area contributed by atoms with Gasteiger partial charge in [-0.3, -0.25) is 4.79 Å². The van der Waals surface area contributed by atoms with E-state index in [2.05, 4.69) is 5.32 Å². The fourth-order valence-corrected chi connectivity index (χ4v) is 2.89. The lowest BCUT2D eigenvalue weighted by molar-refractivity contribution is -0.123. The number of ether oxygens (including phenoxy) is 3. The molecule has 136 valence electrons. The van der Waals surface area contributed by atoms with Crippen molar-refractivity contribution in [3.8, 4) is 11.5 Å². The maximum Gasteiger partial charge on any atom is 0.342 e. The van der Waals surface area contributed by atoms with E-state index >= 15 is 0 Å². The second-order valence-electron chi connectivity index (χ2n) is 5.32. The van der Waals surface area contributed by atoms with Crippen molar-refractivity contribution < 1.29 is 23.8 Å². The summed E-state index contributed by atoms with van der Waals surface area (Å²) in [6.07, 6.45) is -1.10. The summed E-state index contributed by atoms with van der Waals surface area (Å²) >= 11 is 17.9. The van der Waals surface area contributed by atoms with Gasteiger partial charge in [-0.05, 0) is 31.2 Å². The first-order chi connectivity index (χ1) is 12.4. The number of hydrogen-bond acceptors (Lipinski definition) is 5. The minimum Gasteiger partial charge on any atom is -0.454 e. The SMILES string of the molecule is C[C@@H](OC(=O)c1c(Cl)ccc(Cl)c1Cl)C(=O)Nc1ccc2c(c1)OCO2. The van der Waals surface area contributed by atoms with E-state index in [4.69, 9.17) is 49.0 Å². The normalized spacial score (nSPS) is 13.2. The molecule has 1 aliphatic rings. The summed E-state index contributed by atoms with van der Waals surface area (Å²) in [7, 11) is 0. The minimum atomic E-state index is -1.10. The van der Waals surface area contributed by atoms with E-state index < -0.39 is 18.0 Å². The van der Waals surface area contributed by atoms with E-state index in [1.54, 1.807) is 18.2 Å². The third-order valence-electron chi connectivity index (χ3n) is 3.54. The maximum atomic E-state index is 12.3. The van der Waals surface area contributed by atoms with Crippen LogP contribution in [0.5, 0.6) is 11.5 Å². The Morgan fingerprint density at radius 2 is 1.77 bits per heavy atom. The van der Waals surface area contributed by atoms with E-state index in [0.29, 0.717) is 17.2 Å². The molecule has 3 rings (SSSR count). The van der Waals surface area contributed by atoms with Gasteiger partial charge < -0.3 is 19.5 Å². The quantitative estimate of drug-likeness (QED) is 0.584. The molecule has 0 aromatic heterocycles. The molecule has 1 aliphatic heterocycles. The molecular weight excluding hydrogens is 405 g/mol. The number of benzene rings is 2. The zero-order valence-corrected chi connectivity index (χ0v) is 15.6. The summed E-state index contributed by atoms with van der Waals surface area (Å²) in [5.41, 5.74) is 0.379. The number of hydrogen-bond donors (Lipinski definition) is 1. The van der Waals surface area contributed by atoms with Crippen LogP contribution in [0.15, 0.2) is 30.3 Å². The van der Waals surface area contributed by atoms with Gasteiger partial charge in [-0.1, -0.05) is 34.8 Å². The van der Waals surface area contributed by atoms with E-state index in [-0.39, 0.29) is 27.4 Å². The van der Waals surface area contributed by atoms with E-state index in [1.165, 1.54) is 19.1 Å². The molecular formula is C17H12Cl3NO5. The molecule has 1 amide bonds. The lowest BCUT2D eigenvalue weighted by atomic mass is 10.2. The third-order valence-corrected chi connectivity index (χ3v) is 4.66. The molecule has 6 nitrogen and oxygen atoms in total. The van der Waals surface area contributed by atoms with Crippen molar-refractivity contribution in [2.45, 2.75) is 13.0 Å².